The molecule has 8 heteroatoms. The average Bonchev–Trinajstić information content (AvgIpc) is 2.83. The molecule has 0 bridgehead atoms. The molecule has 1 aromatic heterocycles. The molecule has 1 heterocycles. The van der Waals surface area contributed by atoms with Crippen LogP contribution in [0, 0.1) is 0 Å². The minimum atomic E-state index is -3.30. The Balaban J connectivity index is 1.83. The summed E-state index contributed by atoms with van der Waals surface area (Å²) in [6.45, 7) is 0.774. The van der Waals surface area contributed by atoms with Gasteiger partial charge in [-0.15, -0.1) is 0 Å². The van der Waals surface area contributed by atoms with Crippen LogP contribution in [0.2, 0.25) is 0 Å². The van der Waals surface area contributed by atoms with Gasteiger partial charge in [-0.3, -0.25) is 9.98 Å². The van der Waals surface area contributed by atoms with Gasteiger partial charge in [0.1, 0.15) is 0 Å². The van der Waals surface area contributed by atoms with E-state index >= 15 is 0 Å². The maximum Gasteiger partial charge on any atom is 0.215 e. The zero-order valence-electron chi connectivity index (χ0n) is 18.8. The van der Waals surface area contributed by atoms with E-state index in [1.807, 2.05) is 60.7 Å². The molecule has 0 fully saturated rings. The van der Waals surface area contributed by atoms with Gasteiger partial charge in [0.2, 0.25) is 10.0 Å². The smallest absolute Gasteiger partial charge is 0.215 e. The number of anilines is 1. The molecule has 172 valence electrons. The van der Waals surface area contributed by atoms with Gasteiger partial charge >= 0.3 is 0 Å². The van der Waals surface area contributed by atoms with Crippen molar-refractivity contribution in [2.45, 2.75) is 6.54 Å². The molecule has 0 amide bonds. The normalized spacial score (nSPS) is 12.4. The van der Waals surface area contributed by atoms with Gasteiger partial charge in [-0.05, 0) is 41.0 Å². The third kappa shape index (κ3) is 7.00. The van der Waals surface area contributed by atoms with Crippen LogP contribution >= 0.6 is 0 Å². The third-order valence-electron chi connectivity index (χ3n) is 5.03. The molecule has 0 unspecified atom stereocenters. The van der Waals surface area contributed by atoms with Gasteiger partial charge in [0.15, 0.2) is 0 Å². The fourth-order valence-electron chi connectivity index (χ4n) is 3.12. The molecule has 7 nitrogen and oxygen atoms in total. The second-order valence-corrected chi connectivity index (χ2v) is 9.93. The van der Waals surface area contributed by atoms with Crippen molar-refractivity contribution >= 4 is 27.6 Å². The Bertz CT molecular complexity index is 1210. The Hall–Kier alpha value is -3.49. The highest BCUT2D eigenvalue weighted by atomic mass is 32.2. The van der Waals surface area contributed by atoms with Gasteiger partial charge in [-0.2, -0.15) is 0 Å². The van der Waals surface area contributed by atoms with Crippen LogP contribution in [0.3, 0.4) is 0 Å². The van der Waals surface area contributed by atoms with Crippen molar-refractivity contribution in [3.8, 4) is 11.1 Å². The van der Waals surface area contributed by atoms with Crippen LogP contribution < -0.4 is 11.1 Å². The van der Waals surface area contributed by atoms with Gasteiger partial charge in [-0.1, -0.05) is 42.5 Å². The summed E-state index contributed by atoms with van der Waals surface area (Å²) in [5, 5.41) is 3.22. The lowest BCUT2D eigenvalue weighted by atomic mass is 10.00. The van der Waals surface area contributed by atoms with E-state index < -0.39 is 10.0 Å². The van der Waals surface area contributed by atoms with E-state index in [-0.39, 0.29) is 12.3 Å². The van der Waals surface area contributed by atoms with Crippen LogP contribution in [0.1, 0.15) is 11.1 Å². The maximum absolute atomic E-state index is 12.1. The molecule has 3 N–H and O–H groups in total. The Morgan fingerprint density at radius 3 is 2.58 bits per heavy atom. The third-order valence-corrected chi connectivity index (χ3v) is 6.86. The van der Waals surface area contributed by atoms with Crippen LogP contribution in [-0.2, 0) is 16.6 Å². The van der Waals surface area contributed by atoms with E-state index in [2.05, 4.69) is 15.3 Å². The van der Waals surface area contributed by atoms with E-state index in [0.717, 1.165) is 27.9 Å². The molecule has 3 aromatic rings. The summed E-state index contributed by atoms with van der Waals surface area (Å²) in [5.41, 5.74) is 11.6. The van der Waals surface area contributed by atoms with Crippen molar-refractivity contribution in [3.05, 3.63) is 90.3 Å². The standard InChI is InChI=1S/C25H29N5O2S/c1-30(2)33(31,32)16-15-29-25-11-10-22(21-8-4-3-5-9-21)17-23(25)24(26)12-14-28-19-20-7-6-13-27-18-20/h3-14,17-18,29H,15-16,19,26H2,1-2H3. The zero-order chi connectivity index (χ0) is 23.7. The monoisotopic (exact) mass is 463 g/mol. The topological polar surface area (TPSA) is 101 Å². The predicted molar refractivity (Wildman–Crippen MR) is 136 cm³/mol. The number of hydrogen-bond donors (Lipinski definition) is 2. The molecule has 3 rings (SSSR count). The SMILES string of the molecule is CN(C)S(=O)(=O)CCNc1ccc(-c2ccccc2)cc1C(N)=CC=NCc1cccnc1. The Morgan fingerprint density at radius 2 is 1.88 bits per heavy atom. The first-order valence-electron chi connectivity index (χ1n) is 10.6. The van der Waals surface area contributed by atoms with Crippen molar-refractivity contribution in [3.63, 3.8) is 0 Å². The molecule has 0 saturated carbocycles. The number of nitrogens with two attached hydrogens (primary N) is 1. The van der Waals surface area contributed by atoms with Gasteiger partial charge in [0.05, 0.1) is 12.3 Å². The highest BCUT2D eigenvalue weighted by Gasteiger charge is 2.14. The van der Waals surface area contributed by atoms with E-state index in [1.54, 1.807) is 24.7 Å². The van der Waals surface area contributed by atoms with Crippen molar-refractivity contribution in [2.24, 2.45) is 10.7 Å². The van der Waals surface area contributed by atoms with Crippen LogP contribution in [0.15, 0.2) is 84.1 Å². The maximum atomic E-state index is 12.1. The van der Waals surface area contributed by atoms with Crippen molar-refractivity contribution < 1.29 is 8.42 Å². The Kier molecular flexibility index (Phi) is 8.34. The fourth-order valence-corrected chi connectivity index (χ4v) is 3.84. The summed E-state index contributed by atoms with van der Waals surface area (Å²) in [4.78, 5) is 8.49. The molecule has 0 radical (unpaired) electrons. The molecule has 0 atom stereocenters. The summed E-state index contributed by atoms with van der Waals surface area (Å²) in [5.74, 6) is -0.0178. The number of pyridine rings is 1. The number of nitrogens with zero attached hydrogens (tertiary/aromatic N) is 3. The minimum absolute atomic E-state index is 0.0178. The number of hydrogen-bond acceptors (Lipinski definition) is 6. The van der Waals surface area contributed by atoms with Gasteiger partial charge < -0.3 is 11.1 Å². The average molecular weight is 464 g/mol. The molecular weight excluding hydrogens is 434 g/mol. The first-order chi connectivity index (χ1) is 15.9. The highest BCUT2D eigenvalue weighted by Crippen LogP contribution is 2.28. The fraction of sp³-hybridized carbons (Fsp3) is 0.200. The van der Waals surface area contributed by atoms with E-state index in [4.69, 9.17) is 5.73 Å². The lowest BCUT2D eigenvalue weighted by Gasteiger charge is -2.16. The Labute approximate surface area is 195 Å². The largest absolute Gasteiger partial charge is 0.398 e. The van der Waals surface area contributed by atoms with Crippen molar-refractivity contribution in [2.75, 3.05) is 31.7 Å². The molecule has 33 heavy (non-hydrogen) atoms. The van der Waals surface area contributed by atoms with Crippen LogP contribution in [-0.4, -0.2) is 50.3 Å². The van der Waals surface area contributed by atoms with E-state index in [0.29, 0.717) is 12.2 Å². The molecule has 0 aliphatic heterocycles. The first-order valence-corrected chi connectivity index (χ1v) is 12.2. The number of aromatic nitrogens is 1. The molecule has 0 aliphatic carbocycles. The summed E-state index contributed by atoms with van der Waals surface area (Å²) in [6.07, 6.45) is 6.93. The van der Waals surface area contributed by atoms with E-state index in [9.17, 15) is 8.42 Å². The molecule has 0 spiro atoms. The highest BCUT2D eigenvalue weighted by molar-refractivity contribution is 7.89. The molecule has 2 aromatic carbocycles. The molecule has 0 saturated heterocycles. The van der Waals surface area contributed by atoms with Gasteiger partial charge in [0, 0.05) is 56.2 Å². The molecule has 0 aliphatic rings. The number of nitrogens with one attached hydrogen (secondary N) is 1. The van der Waals surface area contributed by atoms with Crippen molar-refractivity contribution in [1.82, 2.24) is 9.29 Å². The second-order valence-electron chi connectivity index (χ2n) is 7.62. The minimum Gasteiger partial charge on any atom is -0.398 e. The number of rotatable bonds is 10. The summed E-state index contributed by atoms with van der Waals surface area (Å²) < 4.78 is 25.4. The van der Waals surface area contributed by atoms with Gasteiger partial charge in [0.25, 0.3) is 0 Å². The molecular formula is C25H29N5O2S. The summed E-state index contributed by atoms with van der Waals surface area (Å²) >= 11 is 0. The second kappa shape index (κ2) is 11.4. The first kappa shape index (κ1) is 24.2. The predicted octanol–water partition coefficient (Wildman–Crippen LogP) is 3.62. The van der Waals surface area contributed by atoms with Crippen LogP contribution in [0.5, 0.6) is 0 Å². The zero-order valence-corrected chi connectivity index (χ0v) is 19.7. The van der Waals surface area contributed by atoms with Crippen molar-refractivity contribution in [1.29, 1.82) is 0 Å². The van der Waals surface area contributed by atoms with Gasteiger partial charge in [-0.25, -0.2) is 12.7 Å². The lowest BCUT2D eigenvalue weighted by Crippen LogP contribution is -2.28. The van der Waals surface area contributed by atoms with Crippen LogP contribution in [0.25, 0.3) is 16.8 Å². The lowest BCUT2D eigenvalue weighted by molar-refractivity contribution is 0.521. The summed E-state index contributed by atoms with van der Waals surface area (Å²) in [6, 6.07) is 19.8. The number of aliphatic imine (C=N–C) groups is 1. The van der Waals surface area contributed by atoms with E-state index in [1.165, 1.54) is 18.4 Å². The quantitative estimate of drug-likeness (QED) is 0.447. The number of allylic oxidation sites excluding steroid dienone is 1. The van der Waals surface area contributed by atoms with Crippen LogP contribution in [0.4, 0.5) is 5.69 Å². The Morgan fingerprint density at radius 1 is 1.09 bits per heavy atom. The summed E-state index contributed by atoms with van der Waals surface area (Å²) in [7, 11) is -0.240. The number of benzene rings is 2. The number of sulfonamides is 1.